The van der Waals surface area contributed by atoms with Crippen LogP contribution < -0.4 is 0 Å². The molecule has 4 nitrogen and oxygen atoms in total. The highest BCUT2D eigenvalue weighted by Crippen LogP contribution is 2.28. The number of fused-ring (bicyclic) bond motifs is 1. The van der Waals surface area contributed by atoms with Gasteiger partial charge in [-0.15, -0.1) is 0 Å². The zero-order valence-corrected chi connectivity index (χ0v) is 13.8. The number of piperidine rings is 1. The fourth-order valence-corrected chi connectivity index (χ4v) is 3.69. The van der Waals surface area contributed by atoms with Crippen LogP contribution in [0.15, 0.2) is 22.7 Å². The minimum atomic E-state index is 0.0236. The second-order valence-corrected chi connectivity index (χ2v) is 6.97. The highest BCUT2D eigenvalue weighted by molar-refractivity contribution is 9.10. The van der Waals surface area contributed by atoms with Crippen molar-refractivity contribution in [1.82, 2.24) is 9.80 Å². The van der Waals surface area contributed by atoms with Crippen LogP contribution in [0.3, 0.4) is 0 Å². The third-order valence-corrected chi connectivity index (χ3v) is 5.31. The number of amides is 1. The Labute approximate surface area is 133 Å². The van der Waals surface area contributed by atoms with Gasteiger partial charge >= 0.3 is 0 Å². The fraction of sp³-hybridized carbons (Fsp3) is 0.562. The van der Waals surface area contributed by atoms with Crippen LogP contribution in [0.4, 0.5) is 0 Å². The molecule has 21 heavy (non-hydrogen) atoms. The molecule has 0 spiro atoms. The Morgan fingerprint density at radius 1 is 1.33 bits per heavy atom. The van der Waals surface area contributed by atoms with Gasteiger partial charge in [-0.1, -0.05) is 6.42 Å². The van der Waals surface area contributed by atoms with Gasteiger partial charge in [-0.05, 0) is 60.4 Å². The van der Waals surface area contributed by atoms with Crippen molar-refractivity contribution in [1.29, 1.82) is 0 Å². The number of hydrogen-bond acceptors (Lipinski definition) is 3. The number of piperazine rings is 1. The normalized spacial score (nSPS) is 26.5. The van der Waals surface area contributed by atoms with Crippen molar-refractivity contribution < 1.29 is 9.90 Å². The van der Waals surface area contributed by atoms with E-state index in [0.29, 0.717) is 16.1 Å². The quantitative estimate of drug-likeness (QED) is 0.844. The highest BCUT2D eigenvalue weighted by atomic mass is 79.9. The summed E-state index contributed by atoms with van der Waals surface area (Å²) in [4.78, 5) is 17.2. The minimum absolute atomic E-state index is 0.0236. The monoisotopic (exact) mass is 352 g/mol. The lowest BCUT2D eigenvalue weighted by Gasteiger charge is -2.47. The molecule has 2 atom stereocenters. The Balaban J connectivity index is 1.78. The van der Waals surface area contributed by atoms with Crippen LogP contribution in [0, 0.1) is 0 Å². The predicted octanol–water partition coefficient (Wildman–Crippen LogP) is 2.85. The molecule has 2 saturated heterocycles. The number of hydrogen-bond donors (Lipinski definition) is 1. The summed E-state index contributed by atoms with van der Waals surface area (Å²) in [5, 5.41) is 9.77. The van der Waals surface area contributed by atoms with Crippen molar-refractivity contribution in [3.63, 3.8) is 0 Å². The van der Waals surface area contributed by atoms with Gasteiger partial charge in [0.15, 0.2) is 0 Å². The molecule has 1 N–H and O–H groups in total. The zero-order chi connectivity index (χ0) is 15.0. The number of benzene rings is 1. The van der Waals surface area contributed by atoms with E-state index < -0.39 is 0 Å². The van der Waals surface area contributed by atoms with E-state index >= 15 is 0 Å². The van der Waals surface area contributed by atoms with Crippen LogP contribution in [0.25, 0.3) is 0 Å². The highest BCUT2D eigenvalue weighted by Gasteiger charge is 2.35. The van der Waals surface area contributed by atoms with Crippen molar-refractivity contribution in [3.05, 3.63) is 28.2 Å². The third-order valence-electron chi connectivity index (χ3n) is 4.64. The number of phenols is 1. The Morgan fingerprint density at radius 2 is 2.14 bits per heavy atom. The maximum absolute atomic E-state index is 12.7. The maximum atomic E-state index is 12.7. The maximum Gasteiger partial charge on any atom is 0.254 e. The van der Waals surface area contributed by atoms with Crippen LogP contribution in [0.5, 0.6) is 5.75 Å². The van der Waals surface area contributed by atoms with Crippen molar-refractivity contribution in [2.45, 2.75) is 38.3 Å². The zero-order valence-electron chi connectivity index (χ0n) is 12.3. The Kier molecular flexibility index (Phi) is 4.22. The summed E-state index contributed by atoms with van der Waals surface area (Å²) in [6, 6.07) is 5.77. The van der Waals surface area contributed by atoms with E-state index in [1.54, 1.807) is 18.2 Å². The van der Waals surface area contributed by atoms with Gasteiger partial charge in [-0.3, -0.25) is 9.69 Å². The van der Waals surface area contributed by atoms with E-state index in [-0.39, 0.29) is 17.7 Å². The van der Waals surface area contributed by atoms with E-state index in [0.717, 1.165) is 19.6 Å². The van der Waals surface area contributed by atoms with E-state index in [4.69, 9.17) is 0 Å². The topological polar surface area (TPSA) is 43.8 Å². The molecule has 2 heterocycles. The molecule has 0 saturated carbocycles. The van der Waals surface area contributed by atoms with Crippen LogP contribution in [0.2, 0.25) is 0 Å². The van der Waals surface area contributed by atoms with Gasteiger partial charge in [-0.25, -0.2) is 0 Å². The number of halogens is 1. The Hall–Kier alpha value is -1.07. The summed E-state index contributed by atoms with van der Waals surface area (Å²) in [6.45, 7) is 5.04. The first-order valence-corrected chi connectivity index (χ1v) is 8.39. The first-order valence-electron chi connectivity index (χ1n) is 7.60. The van der Waals surface area contributed by atoms with Crippen molar-refractivity contribution in [2.24, 2.45) is 0 Å². The molecular formula is C16H21BrN2O2. The third kappa shape index (κ3) is 2.94. The average Bonchev–Trinajstić information content (AvgIpc) is 2.48. The average molecular weight is 353 g/mol. The van der Waals surface area contributed by atoms with Gasteiger partial charge in [0, 0.05) is 30.7 Å². The molecule has 114 valence electrons. The van der Waals surface area contributed by atoms with Crippen molar-refractivity contribution >= 4 is 21.8 Å². The number of phenolic OH excluding ortho intramolecular Hbond substituents is 1. The van der Waals surface area contributed by atoms with E-state index in [9.17, 15) is 9.90 Å². The number of aromatic hydroxyl groups is 1. The molecule has 1 aromatic carbocycles. The second-order valence-electron chi connectivity index (χ2n) is 6.12. The van der Waals surface area contributed by atoms with E-state index in [2.05, 4.69) is 27.8 Å². The summed E-state index contributed by atoms with van der Waals surface area (Å²) in [5.41, 5.74) is 0.562. The minimum Gasteiger partial charge on any atom is -0.507 e. The summed E-state index contributed by atoms with van der Waals surface area (Å²) in [5.74, 6) is 0.139. The summed E-state index contributed by atoms with van der Waals surface area (Å²) in [6.07, 6.45) is 3.72. The number of carbonyl (C=O) groups is 1. The molecule has 2 unspecified atom stereocenters. The summed E-state index contributed by atoms with van der Waals surface area (Å²) in [7, 11) is 0. The lowest BCUT2D eigenvalue weighted by Crippen LogP contribution is -2.60. The Morgan fingerprint density at radius 3 is 2.90 bits per heavy atom. The Bertz CT molecular complexity index is 549. The van der Waals surface area contributed by atoms with Crippen molar-refractivity contribution in [3.8, 4) is 5.75 Å². The van der Waals surface area contributed by atoms with Gasteiger partial charge < -0.3 is 10.0 Å². The molecule has 0 radical (unpaired) electrons. The van der Waals surface area contributed by atoms with Crippen LogP contribution >= 0.6 is 15.9 Å². The van der Waals surface area contributed by atoms with E-state index in [1.165, 1.54) is 19.3 Å². The molecule has 2 aliphatic rings. The van der Waals surface area contributed by atoms with Gasteiger partial charge in [0.25, 0.3) is 5.91 Å². The first-order chi connectivity index (χ1) is 10.1. The predicted molar refractivity (Wildman–Crippen MR) is 85.5 cm³/mol. The second kappa shape index (κ2) is 5.97. The lowest BCUT2D eigenvalue weighted by molar-refractivity contribution is 0.0151. The fourth-order valence-electron chi connectivity index (χ4n) is 3.45. The van der Waals surface area contributed by atoms with Gasteiger partial charge in [0.2, 0.25) is 0 Å². The molecule has 0 aliphatic carbocycles. The largest absolute Gasteiger partial charge is 0.507 e. The number of nitrogens with zero attached hydrogens (tertiary/aromatic N) is 2. The summed E-state index contributed by atoms with van der Waals surface area (Å²) < 4.78 is 0.615. The van der Waals surface area contributed by atoms with E-state index in [1.807, 2.05) is 4.90 Å². The smallest absolute Gasteiger partial charge is 0.254 e. The molecule has 1 aromatic rings. The summed E-state index contributed by atoms with van der Waals surface area (Å²) >= 11 is 3.25. The van der Waals surface area contributed by atoms with Gasteiger partial charge in [-0.2, -0.15) is 0 Å². The molecule has 3 rings (SSSR count). The lowest BCUT2D eigenvalue weighted by atomic mass is 9.96. The number of rotatable bonds is 1. The molecule has 2 aliphatic heterocycles. The van der Waals surface area contributed by atoms with Crippen LogP contribution in [-0.2, 0) is 0 Å². The molecular weight excluding hydrogens is 332 g/mol. The molecule has 0 aromatic heterocycles. The first kappa shape index (κ1) is 14.9. The standard InChI is InChI=1S/C16H21BrN2O2/c1-11-9-18-7-3-2-4-13(18)10-19(11)16(21)12-5-6-14(17)15(20)8-12/h5-6,8,11,13,20H,2-4,7,9-10H2,1H3. The molecule has 5 heteroatoms. The molecule has 1 amide bonds. The SMILES string of the molecule is CC1CN2CCCCC2CN1C(=O)c1ccc(Br)c(O)c1. The van der Waals surface area contributed by atoms with Crippen LogP contribution in [0.1, 0.15) is 36.5 Å². The number of carbonyl (C=O) groups excluding carboxylic acids is 1. The van der Waals surface area contributed by atoms with Gasteiger partial charge in [0.05, 0.1) is 4.47 Å². The molecule has 0 bridgehead atoms. The molecule has 2 fully saturated rings. The van der Waals surface area contributed by atoms with Crippen LogP contribution in [-0.4, -0.2) is 52.5 Å². The van der Waals surface area contributed by atoms with Crippen molar-refractivity contribution in [2.75, 3.05) is 19.6 Å². The van der Waals surface area contributed by atoms with Gasteiger partial charge in [0.1, 0.15) is 5.75 Å².